The molecule has 184 valence electrons. The molecule has 1 heterocycles. The SMILES string of the molecule is COCC1(C(=O)O)CCCCN1C(=O)/C=C/CNC(=O)OCC1c2ccccc2-c2ccccc21. The molecule has 8 heteroatoms. The van der Waals surface area contributed by atoms with Crippen LogP contribution in [0, 0.1) is 0 Å². The van der Waals surface area contributed by atoms with Crippen molar-refractivity contribution >= 4 is 18.0 Å². The highest BCUT2D eigenvalue weighted by atomic mass is 16.5. The van der Waals surface area contributed by atoms with Gasteiger partial charge in [0.25, 0.3) is 0 Å². The number of methoxy groups -OCH3 is 1. The van der Waals surface area contributed by atoms with E-state index in [-0.39, 0.29) is 25.7 Å². The number of alkyl carbamates (subject to hydrolysis) is 1. The number of carbonyl (C=O) groups excluding carboxylic acids is 2. The van der Waals surface area contributed by atoms with E-state index in [4.69, 9.17) is 9.47 Å². The number of fused-ring (bicyclic) bond motifs is 3. The number of hydrogen-bond donors (Lipinski definition) is 2. The van der Waals surface area contributed by atoms with Gasteiger partial charge in [-0.3, -0.25) is 4.79 Å². The zero-order chi connectivity index (χ0) is 24.8. The van der Waals surface area contributed by atoms with E-state index >= 15 is 0 Å². The highest BCUT2D eigenvalue weighted by Gasteiger charge is 2.47. The van der Waals surface area contributed by atoms with Crippen molar-refractivity contribution in [2.75, 3.05) is 33.4 Å². The standard InChI is InChI=1S/C27H30N2O6/c1-34-18-27(25(31)32)14-6-7-16-29(27)24(30)13-8-15-28-26(33)35-17-23-21-11-4-2-9-19(21)20-10-3-5-12-22(20)23/h2-5,8-13,23H,6-7,14-18H2,1H3,(H,28,33)(H,31,32)/b13-8+. The Morgan fingerprint density at radius 2 is 1.74 bits per heavy atom. The lowest BCUT2D eigenvalue weighted by Crippen LogP contribution is -2.61. The number of ether oxygens (including phenoxy) is 2. The first-order valence-electron chi connectivity index (χ1n) is 11.8. The Labute approximate surface area is 204 Å². The fraction of sp³-hybridized carbons (Fsp3) is 0.370. The Kier molecular flexibility index (Phi) is 7.51. The Morgan fingerprint density at radius 3 is 2.37 bits per heavy atom. The molecule has 1 saturated heterocycles. The van der Waals surface area contributed by atoms with Gasteiger partial charge >= 0.3 is 12.1 Å². The summed E-state index contributed by atoms with van der Waals surface area (Å²) in [6, 6.07) is 16.2. The molecular weight excluding hydrogens is 448 g/mol. The van der Waals surface area contributed by atoms with Crippen LogP contribution in [-0.4, -0.2) is 66.9 Å². The molecule has 0 aromatic heterocycles. The average molecular weight is 479 g/mol. The monoisotopic (exact) mass is 478 g/mol. The molecule has 2 amide bonds. The number of piperidine rings is 1. The number of rotatable bonds is 8. The molecule has 2 aromatic carbocycles. The summed E-state index contributed by atoms with van der Waals surface area (Å²) in [7, 11) is 1.43. The van der Waals surface area contributed by atoms with E-state index in [1.165, 1.54) is 24.2 Å². The minimum absolute atomic E-state index is 0.0331. The molecule has 1 unspecified atom stereocenters. The number of carboxylic acids is 1. The van der Waals surface area contributed by atoms with Crippen LogP contribution in [0.4, 0.5) is 4.79 Å². The van der Waals surface area contributed by atoms with Crippen LogP contribution in [0.15, 0.2) is 60.7 Å². The van der Waals surface area contributed by atoms with Crippen molar-refractivity contribution in [1.29, 1.82) is 0 Å². The fourth-order valence-electron chi connectivity index (χ4n) is 5.07. The number of carbonyl (C=O) groups is 3. The van der Waals surface area contributed by atoms with Crippen molar-refractivity contribution in [3.8, 4) is 11.1 Å². The van der Waals surface area contributed by atoms with Crippen LogP contribution in [0.25, 0.3) is 11.1 Å². The summed E-state index contributed by atoms with van der Waals surface area (Å²) in [5.41, 5.74) is 3.21. The lowest BCUT2D eigenvalue weighted by Gasteiger charge is -2.43. The van der Waals surface area contributed by atoms with Crippen LogP contribution in [0.2, 0.25) is 0 Å². The molecule has 35 heavy (non-hydrogen) atoms. The summed E-state index contributed by atoms with van der Waals surface area (Å²) < 4.78 is 10.6. The van der Waals surface area contributed by atoms with Crippen molar-refractivity contribution in [2.45, 2.75) is 30.7 Å². The van der Waals surface area contributed by atoms with E-state index in [0.717, 1.165) is 28.7 Å². The Morgan fingerprint density at radius 1 is 1.09 bits per heavy atom. The molecule has 1 aliphatic carbocycles. The number of likely N-dealkylation sites (tertiary alicyclic amines) is 1. The second kappa shape index (κ2) is 10.7. The van der Waals surface area contributed by atoms with E-state index in [1.54, 1.807) is 0 Å². The molecule has 1 atom stereocenters. The van der Waals surface area contributed by atoms with Crippen molar-refractivity contribution < 1.29 is 29.0 Å². The van der Waals surface area contributed by atoms with Gasteiger partial charge in [0.2, 0.25) is 5.91 Å². The molecule has 2 N–H and O–H groups in total. The van der Waals surface area contributed by atoms with Gasteiger partial charge in [-0.25, -0.2) is 9.59 Å². The van der Waals surface area contributed by atoms with Gasteiger partial charge in [-0.05, 0) is 41.5 Å². The lowest BCUT2D eigenvalue weighted by molar-refractivity contribution is -0.165. The molecule has 0 radical (unpaired) electrons. The number of amides is 2. The highest BCUT2D eigenvalue weighted by Crippen LogP contribution is 2.44. The third-order valence-corrected chi connectivity index (χ3v) is 6.75. The highest BCUT2D eigenvalue weighted by molar-refractivity contribution is 5.93. The molecule has 4 rings (SSSR count). The van der Waals surface area contributed by atoms with Crippen molar-refractivity contribution in [3.63, 3.8) is 0 Å². The largest absolute Gasteiger partial charge is 0.479 e. The summed E-state index contributed by atoms with van der Waals surface area (Å²) in [5.74, 6) is -1.52. The average Bonchev–Trinajstić information content (AvgIpc) is 3.19. The lowest BCUT2D eigenvalue weighted by atomic mass is 9.87. The number of nitrogens with one attached hydrogen (secondary N) is 1. The van der Waals surface area contributed by atoms with Crippen LogP contribution in [0.3, 0.4) is 0 Å². The zero-order valence-electron chi connectivity index (χ0n) is 19.7. The van der Waals surface area contributed by atoms with Crippen LogP contribution in [0.5, 0.6) is 0 Å². The molecule has 1 aliphatic heterocycles. The smallest absolute Gasteiger partial charge is 0.407 e. The first-order valence-corrected chi connectivity index (χ1v) is 11.8. The van der Waals surface area contributed by atoms with Crippen LogP contribution >= 0.6 is 0 Å². The molecule has 2 aliphatic rings. The quantitative estimate of drug-likeness (QED) is 0.562. The van der Waals surface area contributed by atoms with Gasteiger partial charge in [-0.2, -0.15) is 0 Å². The third-order valence-electron chi connectivity index (χ3n) is 6.75. The van der Waals surface area contributed by atoms with Gasteiger partial charge in [-0.15, -0.1) is 0 Å². The van der Waals surface area contributed by atoms with Gasteiger partial charge in [0.15, 0.2) is 5.54 Å². The van der Waals surface area contributed by atoms with Crippen molar-refractivity contribution in [3.05, 3.63) is 71.8 Å². The number of carboxylic acid groups (broad SMARTS) is 1. The van der Waals surface area contributed by atoms with Crippen LogP contribution in [0.1, 0.15) is 36.3 Å². The molecule has 8 nitrogen and oxygen atoms in total. The second-order valence-corrected chi connectivity index (χ2v) is 8.83. The summed E-state index contributed by atoms with van der Waals surface area (Å²) >= 11 is 0. The summed E-state index contributed by atoms with van der Waals surface area (Å²) in [4.78, 5) is 38.4. The number of benzene rings is 2. The summed E-state index contributed by atoms with van der Waals surface area (Å²) in [5, 5.41) is 12.4. The predicted molar refractivity (Wildman–Crippen MR) is 130 cm³/mol. The Hall–Kier alpha value is -3.65. The first-order chi connectivity index (χ1) is 17.0. The predicted octanol–water partition coefficient (Wildman–Crippen LogP) is 3.56. The van der Waals surface area contributed by atoms with Gasteiger partial charge in [0, 0.05) is 32.2 Å². The van der Waals surface area contributed by atoms with Gasteiger partial charge < -0.3 is 24.8 Å². The fourth-order valence-corrected chi connectivity index (χ4v) is 5.07. The molecular formula is C27H30N2O6. The Bertz CT molecular complexity index is 1080. The molecule has 0 bridgehead atoms. The van der Waals surface area contributed by atoms with E-state index < -0.39 is 23.5 Å². The molecule has 1 fully saturated rings. The Balaban J connectivity index is 1.31. The minimum atomic E-state index is -1.37. The van der Waals surface area contributed by atoms with E-state index in [1.807, 2.05) is 24.3 Å². The molecule has 0 spiro atoms. The zero-order valence-corrected chi connectivity index (χ0v) is 19.7. The summed E-state index contributed by atoms with van der Waals surface area (Å²) in [6.07, 6.45) is 4.00. The third kappa shape index (κ3) is 4.93. The maximum Gasteiger partial charge on any atom is 0.407 e. The van der Waals surface area contributed by atoms with Gasteiger partial charge in [-0.1, -0.05) is 54.6 Å². The van der Waals surface area contributed by atoms with Crippen LogP contribution < -0.4 is 5.32 Å². The first kappa shape index (κ1) is 24.5. The van der Waals surface area contributed by atoms with Gasteiger partial charge in [0.05, 0.1) is 6.61 Å². The number of nitrogens with zero attached hydrogens (tertiary/aromatic N) is 1. The van der Waals surface area contributed by atoms with Crippen molar-refractivity contribution in [2.24, 2.45) is 0 Å². The van der Waals surface area contributed by atoms with Crippen LogP contribution in [-0.2, 0) is 19.1 Å². The topological polar surface area (TPSA) is 105 Å². The molecule has 0 saturated carbocycles. The normalized spacial score (nSPS) is 19.3. The van der Waals surface area contributed by atoms with E-state index in [0.29, 0.717) is 19.4 Å². The summed E-state index contributed by atoms with van der Waals surface area (Å²) in [6.45, 7) is 0.563. The second-order valence-electron chi connectivity index (χ2n) is 8.83. The maximum atomic E-state index is 12.7. The number of aliphatic carboxylic acids is 1. The minimum Gasteiger partial charge on any atom is -0.479 e. The van der Waals surface area contributed by atoms with Gasteiger partial charge in [0.1, 0.15) is 6.61 Å². The molecule has 2 aromatic rings. The maximum absolute atomic E-state index is 12.7. The van der Waals surface area contributed by atoms with E-state index in [9.17, 15) is 19.5 Å². The van der Waals surface area contributed by atoms with Crippen molar-refractivity contribution in [1.82, 2.24) is 10.2 Å². The number of hydrogen-bond acceptors (Lipinski definition) is 5. The van der Waals surface area contributed by atoms with E-state index in [2.05, 4.69) is 29.6 Å².